The first-order valence-corrected chi connectivity index (χ1v) is 7.53. The van der Waals surface area contributed by atoms with E-state index in [2.05, 4.69) is 53.4 Å². The summed E-state index contributed by atoms with van der Waals surface area (Å²) in [6.45, 7) is 2.14. The van der Waals surface area contributed by atoms with E-state index in [4.69, 9.17) is 5.84 Å². The predicted octanol–water partition coefficient (Wildman–Crippen LogP) is 3.82. The summed E-state index contributed by atoms with van der Waals surface area (Å²) in [5.41, 5.74) is 5.49. The molecule has 2 nitrogen and oxygen atoms in total. The Morgan fingerprint density at radius 3 is 2.67 bits per heavy atom. The lowest BCUT2D eigenvalue weighted by Crippen LogP contribution is -2.28. The molecule has 2 aromatic heterocycles. The second-order valence-corrected chi connectivity index (χ2v) is 6.25. The van der Waals surface area contributed by atoms with Crippen molar-refractivity contribution in [2.24, 2.45) is 5.84 Å². The third-order valence-electron chi connectivity index (χ3n) is 3.20. The summed E-state index contributed by atoms with van der Waals surface area (Å²) in [5.74, 6) is 5.77. The second-order valence-electron chi connectivity index (χ2n) is 4.22. The molecule has 1 aromatic carbocycles. The molecule has 0 fully saturated rings. The summed E-state index contributed by atoms with van der Waals surface area (Å²) >= 11 is 3.53. The number of rotatable bonds is 3. The molecule has 0 aliphatic rings. The molecular formula is C14H14N2S2. The topological polar surface area (TPSA) is 38.0 Å². The van der Waals surface area contributed by atoms with Crippen LogP contribution in [-0.2, 0) is 0 Å². The molecule has 0 saturated heterocycles. The summed E-state index contributed by atoms with van der Waals surface area (Å²) in [4.78, 5) is 1.31. The Kier molecular flexibility index (Phi) is 3.18. The molecule has 92 valence electrons. The molecule has 1 unspecified atom stereocenters. The normalized spacial score (nSPS) is 13.0. The van der Waals surface area contributed by atoms with Crippen molar-refractivity contribution in [3.05, 3.63) is 57.1 Å². The van der Waals surface area contributed by atoms with E-state index in [-0.39, 0.29) is 6.04 Å². The molecule has 0 aliphatic carbocycles. The van der Waals surface area contributed by atoms with E-state index in [1.165, 1.54) is 26.1 Å². The van der Waals surface area contributed by atoms with Gasteiger partial charge in [-0.3, -0.25) is 5.84 Å². The third kappa shape index (κ3) is 1.87. The van der Waals surface area contributed by atoms with Gasteiger partial charge in [0.25, 0.3) is 0 Å². The number of hydrazine groups is 1. The molecule has 0 aliphatic heterocycles. The molecular weight excluding hydrogens is 260 g/mol. The van der Waals surface area contributed by atoms with Crippen molar-refractivity contribution in [2.45, 2.75) is 13.0 Å². The van der Waals surface area contributed by atoms with E-state index in [9.17, 15) is 0 Å². The number of thiophene rings is 2. The van der Waals surface area contributed by atoms with Crippen molar-refractivity contribution in [3.8, 4) is 0 Å². The van der Waals surface area contributed by atoms with E-state index < -0.39 is 0 Å². The minimum atomic E-state index is 0.0763. The largest absolute Gasteiger partial charge is 0.271 e. The van der Waals surface area contributed by atoms with Crippen LogP contribution in [0.2, 0.25) is 0 Å². The maximum absolute atomic E-state index is 5.77. The molecule has 0 amide bonds. The van der Waals surface area contributed by atoms with Crippen LogP contribution in [0.15, 0.2) is 41.1 Å². The quantitative estimate of drug-likeness (QED) is 0.563. The van der Waals surface area contributed by atoms with Gasteiger partial charge in [0.15, 0.2) is 0 Å². The lowest BCUT2D eigenvalue weighted by atomic mass is 9.99. The zero-order valence-corrected chi connectivity index (χ0v) is 11.6. The monoisotopic (exact) mass is 274 g/mol. The average molecular weight is 274 g/mol. The maximum atomic E-state index is 5.77. The van der Waals surface area contributed by atoms with E-state index in [1.807, 2.05) is 0 Å². The van der Waals surface area contributed by atoms with Crippen molar-refractivity contribution >= 4 is 32.8 Å². The maximum Gasteiger partial charge on any atom is 0.0734 e. The summed E-state index contributed by atoms with van der Waals surface area (Å²) in [6.07, 6.45) is 0. The van der Waals surface area contributed by atoms with Crippen LogP contribution in [0, 0.1) is 6.92 Å². The molecule has 2 heterocycles. The smallest absolute Gasteiger partial charge is 0.0734 e. The van der Waals surface area contributed by atoms with Crippen LogP contribution < -0.4 is 11.3 Å². The van der Waals surface area contributed by atoms with E-state index in [0.717, 1.165) is 0 Å². The minimum absolute atomic E-state index is 0.0763. The van der Waals surface area contributed by atoms with Crippen molar-refractivity contribution in [1.82, 2.24) is 5.43 Å². The van der Waals surface area contributed by atoms with Gasteiger partial charge >= 0.3 is 0 Å². The first-order valence-electron chi connectivity index (χ1n) is 5.77. The fraction of sp³-hybridized carbons (Fsp3) is 0.143. The molecule has 1 atom stereocenters. The Balaban J connectivity index is 2.15. The standard InChI is InChI=1S/C14H14N2S2/c1-9-10(6-7-17-9)14(16-15)12-8-18-13-5-3-2-4-11(12)13/h2-8,14,16H,15H2,1H3. The number of fused-ring (bicyclic) bond motifs is 1. The fourth-order valence-electron chi connectivity index (χ4n) is 2.26. The number of aryl methyl sites for hydroxylation is 1. The lowest BCUT2D eigenvalue weighted by Gasteiger charge is -2.15. The highest BCUT2D eigenvalue weighted by Crippen LogP contribution is 2.35. The first kappa shape index (κ1) is 11.9. The Bertz CT molecular complexity index is 669. The minimum Gasteiger partial charge on any atom is -0.271 e. The van der Waals surface area contributed by atoms with E-state index >= 15 is 0 Å². The number of nitrogens with one attached hydrogen (secondary N) is 1. The van der Waals surface area contributed by atoms with Gasteiger partial charge in [-0.1, -0.05) is 18.2 Å². The molecule has 3 rings (SSSR count). The Morgan fingerprint density at radius 1 is 1.11 bits per heavy atom. The summed E-state index contributed by atoms with van der Waals surface area (Å²) < 4.78 is 1.31. The molecule has 0 radical (unpaired) electrons. The highest BCUT2D eigenvalue weighted by atomic mass is 32.1. The van der Waals surface area contributed by atoms with Crippen molar-refractivity contribution in [1.29, 1.82) is 0 Å². The summed E-state index contributed by atoms with van der Waals surface area (Å²) in [7, 11) is 0. The predicted molar refractivity (Wildman–Crippen MR) is 80.0 cm³/mol. The Hall–Kier alpha value is -1.20. The van der Waals surface area contributed by atoms with Crippen molar-refractivity contribution in [2.75, 3.05) is 0 Å². The SMILES string of the molecule is Cc1sccc1C(NN)c1csc2ccccc12. The molecule has 18 heavy (non-hydrogen) atoms. The van der Waals surface area contributed by atoms with Gasteiger partial charge in [-0.2, -0.15) is 0 Å². The van der Waals surface area contributed by atoms with Gasteiger partial charge in [-0.15, -0.1) is 22.7 Å². The fourth-order valence-corrected chi connectivity index (χ4v) is 3.99. The molecule has 0 saturated carbocycles. The molecule has 0 bridgehead atoms. The first-order chi connectivity index (χ1) is 8.81. The van der Waals surface area contributed by atoms with Gasteiger partial charge in [-0.25, -0.2) is 5.43 Å². The Morgan fingerprint density at radius 2 is 1.94 bits per heavy atom. The van der Waals surface area contributed by atoms with Crippen LogP contribution in [0.4, 0.5) is 0 Å². The number of nitrogens with two attached hydrogens (primary N) is 1. The molecule has 3 aromatic rings. The van der Waals surface area contributed by atoms with E-state index in [1.54, 1.807) is 22.7 Å². The van der Waals surface area contributed by atoms with Gasteiger partial charge in [0.2, 0.25) is 0 Å². The zero-order valence-electron chi connectivity index (χ0n) is 10.0. The van der Waals surface area contributed by atoms with Gasteiger partial charge in [-0.05, 0) is 46.3 Å². The van der Waals surface area contributed by atoms with Gasteiger partial charge in [0.05, 0.1) is 6.04 Å². The molecule has 3 N–H and O–H groups in total. The highest BCUT2D eigenvalue weighted by molar-refractivity contribution is 7.17. The van der Waals surface area contributed by atoms with Gasteiger partial charge in [0.1, 0.15) is 0 Å². The summed E-state index contributed by atoms with van der Waals surface area (Å²) in [5, 5.41) is 5.60. The number of hydrogen-bond acceptors (Lipinski definition) is 4. The van der Waals surface area contributed by atoms with Crippen LogP contribution in [0.25, 0.3) is 10.1 Å². The van der Waals surface area contributed by atoms with E-state index in [0.29, 0.717) is 0 Å². The van der Waals surface area contributed by atoms with Crippen molar-refractivity contribution < 1.29 is 0 Å². The highest BCUT2D eigenvalue weighted by Gasteiger charge is 2.18. The van der Waals surface area contributed by atoms with Gasteiger partial charge < -0.3 is 0 Å². The van der Waals surface area contributed by atoms with Crippen molar-refractivity contribution in [3.63, 3.8) is 0 Å². The Labute approximate surface area is 114 Å². The van der Waals surface area contributed by atoms with Crippen LogP contribution in [0.1, 0.15) is 22.0 Å². The van der Waals surface area contributed by atoms with Crippen LogP contribution >= 0.6 is 22.7 Å². The lowest BCUT2D eigenvalue weighted by molar-refractivity contribution is 0.641. The van der Waals surface area contributed by atoms with Crippen LogP contribution in [-0.4, -0.2) is 0 Å². The number of benzene rings is 1. The number of hydrogen-bond donors (Lipinski definition) is 2. The molecule has 0 spiro atoms. The molecule has 4 heteroatoms. The summed E-state index contributed by atoms with van der Waals surface area (Å²) in [6, 6.07) is 10.7. The zero-order chi connectivity index (χ0) is 12.5. The average Bonchev–Trinajstić information content (AvgIpc) is 2.99. The third-order valence-corrected chi connectivity index (χ3v) is 5.04. The van der Waals surface area contributed by atoms with Crippen LogP contribution in [0.3, 0.4) is 0 Å². The second kappa shape index (κ2) is 4.82. The van der Waals surface area contributed by atoms with Gasteiger partial charge in [0, 0.05) is 9.58 Å². The van der Waals surface area contributed by atoms with Crippen LogP contribution in [0.5, 0.6) is 0 Å².